The van der Waals surface area contributed by atoms with E-state index in [9.17, 15) is 14.3 Å². The van der Waals surface area contributed by atoms with E-state index in [4.69, 9.17) is 4.42 Å². The third-order valence-corrected chi connectivity index (χ3v) is 2.61. The van der Waals surface area contributed by atoms with E-state index in [1.54, 1.807) is 0 Å². The maximum atomic E-state index is 13.5. The van der Waals surface area contributed by atoms with E-state index >= 15 is 0 Å². The molecule has 0 aliphatic rings. The summed E-state index contributed by atoms with van der Waals surface area (Å²) < 4.78 is 18.4. The molecule has 0 spiro atoms. The Morgan fingerprint density at radius 2 is 2.22 bits per heavy atom. The number of halogens is 1. The molecule has 0 bridgehead atoms. The van der Waals surface area contributed by atoms with Gasteiger partial charge < -0.3 is 14.5 Å². The van der Waals surface area contributed by atoms with Crippen molar-refractivity contribution in [3.63, 3.8) is 0 Å². The second-order valence-corrected chi connectivity index (χ2v) is 3.73. The van der Waals surface area contributed by atoms with Crippen LogP contribution in [0.5, 0.6) is 5.75 Å². The van der Waals surface area contributed by atoms with Crippen LogP contribution < -0.4 is 5.63 Å². The van der Waals surface area contributed by atoms with Gasteiger partial charge in [0.05, 0.1) is 23.8 Å². The van der Waals surface area contributed by atoms with Crippen LogP contribution in [0.3, 0.4) is 0 Å². The number of phenolic OH excluding ortho intramolecular Hbond substituents is 1. The van der Waals surface area contributed by atoms with Gasteiger partial charge in [0.2, 0.25) is 5.82 Å². The number of nitrogens with zero attached hydrogens (tertiary/aromatic N) is 1. The number of aromatic amines is 1. The third kappa shape index (κ3) is 1.46. The molecule has 0 atom stereocenters. The number of aromatic hydroxyl groups is 1. The van der Waals surface area contributed by atoms with Crippen LogP contribution in [0.2, 0.25) is 0 Å². The molecular weight excluding hydrogens is 239 g/mol. The molecule has 18 heavy (non-hydrogen) atoms. The number of hydrogen-bond donors (Lipinski definition) is 2. The van der Waals surface area contributed by atoms with Gasteiger partial charge in [0.15, 0.2) is 11.3 Å². The minimum atomic E-state index is -0.944. The van der Waals surface area contributed by atoms with Gasteiger partial charge >= 0.3 is 5.63 Å². The molecule has 90 valence electrons. The molecule has 3 aromatic rings. The standard InChI is InChI=1S/C12H7FN2O3/c13-10-9(16)2-1-6-3-7(8-4-14-5-15-8)12(17)18-11(6)10/h1-5,16H,(H,14,15). The minimum absolute atomic E-state index is 0.255. The van der Waals surface area contributed by atoms with E-state index < -0.39 is 17.2 Å². The SMILES string of the molecule is O=c1oc2c(F)c(O)ccc2cc1-c1cnc[nH]1. The Morgan fingerprint density at radius 1 is 1.39 bits per heavy atom. The maximum absolute atomic E-state index is 13.5. The third-order valence-electron chi connectivity index (χ3n) is 2.61. The van der Waals surface area contributed by atoms with Crippen LogP contribution in [0, 0.1) is 5.82 Å². The molecular formula is C12H7FN2O3. The number of benzene rings is 1. The van der Waals surface area contributed by atoms with Crippen LogP contribution in [0.4, 0.5) is 4.39 Å². The average molecular weight is 246 g/mol. The Balaban J connectivity index is 2.36. The van der Waals surface area contributed by atoms with E-state index in [-0.39, 0.29) is 11.1 Å². The summed E-state index contributed by atoms with van der Waals surface area (Å²) in [5.74, 6) is -1.50. The molecule has 6 heteroatoms. The molecule has 0 aliphatic carbocycles. The number of hydrogen-bond acceptors (Lipinski definition) is 4. The molecule has 3 rings (SSSR count). The molecule has 0 saturated carbocycles. The zero-order chi connectivity index (χ0) is 12.7. The second kappa shape index (κ2) is 3.69. The first kappa shape index (κ1) is 10.5. The number of rotatable bonds is 1. The lowest BCUT2D eigenvalue weighted by molar-refractivity contribution is 0.425. The van der Waals surface area contributed by atoms with Crippen molar-refractivity contribution in [2.24, 2.45) is 0 Å². The summed E-state index contributed by atoms with van der Waals surface area (Å²) in [7, 11) is 0. The van der Waals surface area contributed by atoms with Crippen LogP contribution in [0.1, 0.15) is 0 Å². The topological polar surface area (TPSA) is 79.1 Å². The fourth-order valence-electron chi connectivity index (χ4n) is 1.73. The summed E-state index contributed by atoms with van der Waals surface area (Å²) in [6.45, 7) is 0. The van der Waals surface area contributed by atoms with Crippen LogP contribution in [-0.4, -0.2) is 15.1 Å². The lowest BCUT2D eigenvalue weighted by atomic mass is 10.1. The molecule has 2 N–H and O–H groups in total. The van der Waals surface area contributed by atoms with E-state index in [0.717, 1.165) is 0 Å². The first-order valence-corrected chi connectivity index (χ1v) is 5.11. The van der Waals surface area contributed by atoms with Crippen molar-refractivity contribution in [2.75, 3.05) is 0 Å². The number of phenols is 1. The largest absolute Gasteiger partial charge is 0.505 e. The smallest absolute Gasteiger partial charge is 0.345 e. The Kier molecular flexibility index (Phi) is 2.16. The fraction of sp³-hybridized carbons (Fsp3) is 0. The summed E-state index contributed by atoms with van der Waals surface area (Å²) in [6, 6.07) is 4.15. The maximum Gasteiger partial charge on any atom is 0.345 e. The number of H-pyrrole nitrogens is 1. The number of aromatic nitrogens is 2. The highest BCUT2D eigenvalue weighted by atomic mass is 19.1. The monoisotopic (exact) mass is 246 g/mol. The summed E-state index contributed by atoms with van der Waals surface area (Å²) in [4.78, 5) is 18.3. The second-order valence-electron chi connectivity index (χ2n) is 3.73. The highest BCUT2D eigenvalue weighted by molar-refractivity contribution is 5.82. The van der Waals surface area contributed by atoms with E-state index in [2.05, 4.69) is 9.97 Å². The first-order valence-electron chi connectivity index (χ1n) is 5.11. The highest BCUT2D eigenvalue weighted by Gasteiger charge is 2.13. The van der Waals surface area contributed by atoms with E-state index in [0.29, 0.717) is 11.1 Å². The normalized spacial score (nSPS) is 10.9. The molecule has 0 saturated heterocycles. The van der Waals surface area contributed by atoms with Gasteiger partial charge in [0.1, 0.15) is 0 Å². The Bertz CT molecular complexity index is 778. The van der Waals surface area contributed by atoms with Crippen LogP contribution >= 0.6 is 0 Å². The number of fused-ring (bicyclic) bond motifs is 1. The molecule has 0 amide bonds. The van der Waals surface area contributed by atoms with Crippen LogP contribution in [0.25, 0.3) is 22.2 Å². The van der Waals surface area contributed by atoms with Gasteiger partial charge in [0, 0.05) is 5.39 Å². The van der Waals surface area contributed by atoms with Crippen molar-refractivity contribution in [1.82, 2.24) is 9.97 Å². The quantitative estimate of drug-likeness (QED) is 0.644. The Hall–Kier alpha value is -2.63. The van der Waals surface area contributed by atoms with E-state index in [1.165, 1.54) is 30.7 Å². The summed E-state index contributed by atoms with van der Waals surface area (Å²) >= 11 is 0. The van der Waals surface area contributed by atoms with Gasteiger partial charge in [-0.3, -0.25) is 0 Å². The molecule has 5 nitrogen and oxygen atoms in total. The molecule has 0 aliphatic heterocycles. The molecule has 0 fully saturated rings. The predicted molar refractivity (Wildman–Crippen MR) is 61.7 cm³/mol. The van der Waals surface area contributed by atoms with Crippen molar-refractivity contribution >= 4 is 11.0 Å². The molecule has 2 heterocycles. The van der Waals surface area contributed by atoms with Crippen molar-refractivity contribution in [3.8, 4) is 17.0 Å². The summed E-state index contributed by atoms with van der Waals surface area (Å²) in [5, 5.41) is 9.59. The average Bonchev–Trinajstić information content (AvgIpc) is 2.88. The summed E-state index contributed by atoms with van der Waals surface area (Å²) in [6.07, 6.45) is 2.89. The van der Waals surface area contributed by atoms with Crippen LogP contribution in [-0.2, 0) is 0 Å². The Labute approximate surface area is 99.5 Å². The molecule has 0 radical (unpaired) electrons. The summed E-state index contributed by atoms with van der Waals surface area (Å²) in [5.41, 5.74) is -0.219. The van der Waals surface area contributed by atoms with Gasteiger partial charge in [-0.2, -0.15) is 4.39 Å². The molecule has 2 aromatic heterocycles. The Morgan fingerprint density at radius 3 is 2.94 bits per heavy atom. The lowest BCUT2D eigenvalue weighted by Crippen LogP contribution is -2.03. The fourth-order valence-corrected chi connectivity index (χ4v) is 1.73. The van der Waals surface area contributed by atoms with Gasteiger partial charge in [-0.15, -0.1) is 0 Å². The van der Waals surface area contributed by atoms with Crippen LogP contribution in [0.15, 0.2) is 39.9 Å². The molecule has 0 unspecified atom stereocenters. The minimum Gasteiger partial charge on any atom is -0.505 e. The van der Waals surface area contributed by atoms with Crippen molar-refractivity contribution < 1.29 is 13.9 Å². The lowest BCUT2D eigenvalue weighted by Gasteiger charge is -2.02. The van der Waals surface area contributed by atoms with Crippen molar-refractivity contribution in [2.45, 2.75) is 0 Å². The molecule has 1 aromatic carbocycles. The number of imidazole rings is 1. The first-order chi connectivity index (χ1) is 8.66. The van der Waals surface area contributed by atoms with E-state index in [1.807, 2.05) is 0 Å². The van der Waals surface area contributed by atoms with Crippen molar-refractivity contribution in [3.05, 3.63) is 47.0 Å². The van der Waals surface area contributed by atoms with Gasteiger partial charge in [0.25, 0.3) is 0 Å². The van der Waals surface area contributed by atoms with Gasteiger partial charge in [-0.25, -0.2) is 9.78 Å². The zero-order valence-electron chi connectivity index (χ0n) is 8.98. The van der Waals surface area contributed by atoms with Crippen molar-refractivity contribution in [1.29, 1.82) is 0 Å². The van der Waals surface area contributed by atoms with Gasteiger partial charge in [-0.1, -0.05) is 0 Å². The highest BCUT2D eigenvalue weighted by Crippen LogP contribution is 2.26. The zero-order valence-corrected chi connectivity index (χ0v) is 8.98. The number of nitrogens with one attached hydrogen (secondary N) is 1. The predicted octanol–water partition coefficient (Wildman–Crippen LogP) is 2.03. The van der Waals surface area contributed by atoms with Gasteiger partial charge in [-0.05, 0) is 18.2 Å².